The Hall–Kier alpha value is -1.89. The van der Waals surface area contributed by atoms with Crippen LogP contribution in [0.2, 0.25) is 0 Å². The molecule has 0 aliphatic carbocycles. The van der Waals surface area contributed by atoms with Crippen LogP contribution in [0.5, 0.6) is 0 Å². The number of unbranched alkanes of at least 4 members (excludes halogenated alkanes) is 16. The lowest BCUT2D eigenvalue weighted by Gasteiger charge is -2.41. The van der Waals surface area contributed by atoms with E-state index < -0.39 is 35.7 Å². The molecule has 0 saturated heterocycles. The third-order valence-electron chi connectivity index (χ3n) is 9.50. The molecule has 44 heavy (non-hydrogen) atoms. The molecule has 258 valence electrons. The predicted molar refractivity (Wildman–Crippen MR) is 179 cm³/mol. The number of carboxylic acids is 3. The first-order valence-corrected chi connectivity index (χ1v) is 18.2. The number of carbonyl (C=O) groups is 3. The molecule has 0 aromatic carbocycles. The Labute approximate surface area is 270 Å². The van der Waals surface area contributed by atoms with Gasteiger partial charge in [-0.05, 0) is 32.1 Å². The smallest absolute Gasteiger partial charge is 0.306 e. The zero-order valence-electron chi connectivity index (χ0n) is 29.0. The second-order valence-corrected chi connectivity index (χ2v) is 13.7. The Morgan fingerprint density at radius 3 is 1.25 bits per heavy atom. The summed E-state index contributed by atoms with van der Waals surface area (Å²) in [6.07, 6.45) is 29.2. The standard InChI is InChI=1S/C37H69NO6/c1-5-6-7-8-9-10-11-12-13-14-15-16-17-18-19-20-21-22-23-24-28-38(29-25-32(2)35(39)40,30-26-33(3)36(41)42)31-27-34(4)37(43)44/h20-21,32-34H,5-19,22-31H2,1-4H3,(H2-,39,40,41,42,43,44)/b21-20+. The van der Waals surface area contributed by atoms with Crippen LogP contribution in [0, 0.1) is 17.8 Å². The molecular weight excluding hydrogens is 554 g/mol. The fraction of sp³-hybridized carbons (Fsp3) is 0.865. The number of carbonyl (C=O) groups excluding carboxylic acids is 1. The molecule has 0 fully saturated rings. The van der Waals surface area contributed by atoms with E-state index in [4.69, 9.17) is 0 Å². The van der Waals surface area contributed by atoms with Crippen molar-refractivity contribution in [3.63, 3.8) is 0 Å². The molecule has 0 aromatic rings. The highest BCUT2D eigenvalue weighted by Gasteiger charge is 2.30. The van der Waals surface area contributed by atoms with E-state index in [0.717, 1.165) is 32.2 Å². The maximum Gasteiger partial charge on any atom is 0.306 e. The number of allylic oxidation sites excluding steroid dienone is 2. The molecule has 7 nitrogen and oxygen atoms in total. The van der Waals surface area contributed by atoms with Crippen LogP contribution >= 0.6 is 0 Å². The van der Waals surface area contributed by atoms with Crippen LogP contribution in [0.25, 0.3) is 0 Å². The van der Waals surface area contributed by atoms with E-state index >= 15 is 0 Å². The van der Waals surface area contributed by atoms with Crippen LogP contribution in [0.4, 0.5) is 0 Å². The third kappa shape index (κ3) is 23.5. The molecule has 0 aliphatic rings. The molecule has 0 radical (unpaired) electrons. The van der Waals surface area contributed by atoms with Crippen molar-refractivity contribution in [1.82, 2.24) is 0 Å². The monoisotopic (exact) mass is 624 g/mol. The van der Waals surface area contributed by atoms with E-state index in [2.05, 4.69) is 19.1 Å². The normalized spacial score (nSPS) is 15.2. The highest BCUT2D eigenvalue weighted by molar-refractivity contribution is 5.69. The molecule has 0 saturated carbocycles. The lowest BCUT2D eigenvalue weighted by atomic mass is 10.0. The van der Waals surface area contributed by atoms with Crippen LogP contribution in [-0.4, -0.2) is 58.8 Å². The molecule has 3 atom stereocenters. The predicted octanol–water partition coefficient (Wildman–Crippen LogP) is 8.40. The van der Waals surface area contributed by atoms with Gasteiger partial charge in [0.25, 0.3) is 0 Å². The molecule has 0 heterocycles. The van der Waals surface area contributed by atoms with Gasteiger partial charge in [0.15, 0.2) is 0 Å². The molecule has 3 unspecified atom stereocenters. The van der Waals surface area contributed by atoms with Gasteiger partial charge in [0.2, 0.25) is 0 Å². The number of rotatable bonds is 32. The summed E-state index contributed by atoms with van der Waals surface area (Å²) in [4.78, 5) is 34.4. The zero-order chi connectivity index (χ0) is 33.1. The summed E-state index contributed by atoms with van der Waals surface area (Å²) in [5.41, 5.74) is 0. The molecular formula is C37H69NO6. The van der Waals surface area contributed by atoms with Crippen molar-refractivity contribution >= 4 is 17.9 Å². The maximum absolute atomic E-state index is 11.5. The van der Waals surface area contributed by atoms with Gasteiger partial charge in [0.05, 0.1) is 38.0 Å². The Kier molecular flexibility index (Phi) is 26.2. The van der Waals surface area contributed by atoms with Crippen LogP contribution in [-0.2, 0) is 14.4 Å². The van der Waals surface area contributed by atoms with Gasteiger partial charge in [0.1, 0.15) is 0 Å². The molecule has 0 amide bonds. The average Bonchev–Trinajstić information content (AvgIpc) is 2.99. The van der Waals surface area contributed by atoms with Gasteiger partial charge in [-0.3, -0.25) is 9.59 Å². The highest BCUT2D eigenvalue weighted by atomic mass is 16.4. The quantitative estimate of drug-likeness (QED) is 0.0442. The van der Waals surface area contributed by atoms with E-state index in [1.807, 2.05) is 0 Å². The Morgan fingerprint density at radius 2 is 0.886 bits per heavy atom. The average molecular weight is 624 g/mol. The molecule has 0 rings (SSSR count). The van der Waals surface area contributed by atoms with Crippen molar-refractivity contribution in [2.45, 2.75) is 163 Å². The van der Waals surface area contributed by atoms with Gasteiger partial charge >= 0.3 is 11.9 Å². The second kappa shape index (κ2) is 27.4. The Balaban J connectivity index is 4.45. The van der Waals surface area contributed by atoms with Crippen molar-refractivity contribution in [2.75, 3.05) is 26.2 Å². The lowest BCUT2D eigenvalue weighted by molar-refractivity contribution is -0.929. The van der Waals surface area contributed by atoms with E-state index in [-0.39, 0.29) is 0 Å². The van der Waals surface area contributed by atoms with E-state index in [9.17, 15) is 29.7 Å². The first kappa shape index (κ1) is 42.1. The topological polar surface area (TPSA) is 115 Å². The Bertz CT molecular complexity index is 707. The van der Waals surface area contributed by atoms with Gasteiger partial charge in [-0.2, -0.15) is 0 Å². The van der Waals surface area contributed by atoms with Crippen LogP contribution in [0.3, 0.4) is 0 Å². The van der Waals surface area contributed by atoms with Crippen LogP contribution in [0.1, 0.15) is 163 Å². The minimum Gasteiger partial charge on any atom is -0.550 e. The number of quaternary nitrogens is 1. The number of hydrogen-bond donors (Lipinski definition) is 2. The zero-order valence-corrected chi connectivity index (χ0v) is 29.0. The fourth-order valence-corrected chi connectivity index (χ4v) is 5.84. The highest BCUT2D eigenvalue weighted by Crippen LogP contribution is 2.21. The largest absolute Gasteiger partial charge is 0.550 e. The molecule has 0 aromatic heterocycles. The summed E-state index contributed by atoms with van der Waals surface area (Å²) < 4.78 is 0.565. The summed E-state index contributed by atoms with van der Waals surface area (Å²) in [7, 11) is 0. The fourth-order valence-electron chi connectivity index (χ4n) is 5.84. The molecule has 0 spiro atoms. The number of carboxylic acid groups (broad SMARTS) is 3. The van der Waals surface area contributed by atoms with Crippen LogP contribution < -0.4 is 5.11 Å². The minimum absolute atomic E-state index is 0.435. The molecule has 0 aliphatic heterocycles. The molecule has 7 heteroatoms. The van der Waals surface area contributed by atoms with E-state index in [0.29, 0.717) is 43.4 Å². The van der Waals surface area contributed by atoms with E-state index in [1.165, 1.54) is 89.9 Å². The molecule has 2 N–H and O–H groups in total. The number of aliphatic carboxylic acids is 3. The Morgan fingerprint density at radius 1 is 0.545 bits per heavy atom. The minimum atomic E-state index is -1.08. The van der Waals surface area contributed by atoms with Crippen molar-refractivity contribution in [1.29, 1.82) is 0 Å². The van der Waals surface area contributed by atoms with Gasteiger partial charge in [-0.1, -0.05) is 123 Å². The van der Waals surface area contributed by atoms with Gasteiger partial charge in [-0.15, -0.1) is 0 Å². The van der Waals surface area contributed by atoms with Crippen LogP contribution in [0.15, 0.2) is 12.2 Å². The lowest BCUT2D eigenvalue weighted by Crippen LogP contribution is -2.52. The van der Waals surface area contributed by atoms with Crippen molar-refractivity contribution < 1.29 is 34.2 Å². The van der Waals surface area contributed by atoms with Crippen molar-refractivity contribution in [3.05, 3.63) is 12.2 Å². The maximum atomic E-state index is 11.5. The van der Waals surface area contributed by atoms with Gasteiger partial charge < -0.3 is 24.6 Å². The number of hydrogen-bond acceptors (Lipinski definition) is 4. The second-order valence-electron chi connectivity index (χ2n) is 13.7. The SMILES string of the molecule is CCCCCCCCCCCCCCCC/C=C/CCCC[N+](CCC(C)C(=O)[O-])(CCC(C)C(=O)O)CCC(C)C(=O)O. The summed E-state index contributed by atoms with van der Waals surface area (Å²) in [6, 6.07) is 0. The van der Waals surface area contributed by atoms with Crippen molar-refractivity contribution in [2.24, 2.45) is 17.8 Å². The summed E-state index contributed by atoms with van der Waals surface area (Å²) in [5.74, 6) is -4.35. The van der Waals surface area contributed by atoms with Crippen molar-refractivity contribution in [3.8, 4) is 0 Å². The summed E-state index contributed by atoms with van der Waals surface area (Å²) >= 11 is 0. The first-order valence-electron chi connectivity index (χ1n) is 18.2. The van der Waals surface area contributed by atoms with E-state index in [1.54, 1.807) is 20.8 Å². The third-order valence-corrected chi connectivity index (χ3v) is 9.50. The first-order chi connectivity index (χ1) is 21.0. The molecule has 0 bridgehead atoms. The summed E-state index contributed by atoms with van der Waals surface area (Å²) in [5, 5.41) is 30.3. The van der Waals surface area contributed by atoms with Gasteiger partial charge in [0, 0.05) is 31.1 Å². The summed E-state index contributed by atoms with van der Waals surface area (Å²) in [6.45, 7) is 9.91. The number of nitrogens with zero attached hydrogens (tertiary/aromatic N) is 1. The van der Waals surface area contributed by atoms with Gasteiger partial charge in [-0.25, -0.2) is 0 Å².